The van der Waals surface area contributed by atoms with Crippen LogP contribution in [0.3, 0.4) is 0 Å². The number of allylic oxidation sites excluding steroid dienone is 2. The van der Waals surface area contributed by atoms with E-state index in [1.54, 1.807) is 0 Å². The van der Waals surface area contributed by atoms with Crippen molar-refractivity contribution < 1.29 is 24.3 Å². The van der Waals surface area contributed by atoms with E-state index in [9.17, 15) is 19.8 Å². The number of hydrogen-bond acceptors (Lipinski definition) is 7. The molecule has 37 heavy (non-hydrogen) atoms. The molecule has 0 spiro atoms. The van der Waals surface area contributed by atoms with Crippen molar-refractivity contribution in [3.63, 3.8) is 0 Å². The number of fused-ring (bicyclic) bond motifs is 1. The third-order valence-electron chi connectivity index (χ3n) is 7.25. The monoisotopic (exact) mass is 498 g/mol. The molecule has 2 aliphatic rings. The Morgan fingerprint density at radius 1 is 0.892 bits per heavy atom. The number of aromatic nitrogens is 1. The van der Waals surface area contributed by atoms with Crippen molar-refractivity contribution in [2.45, 2.75) is 50.4 Å². The molecule has 0 amide bonds. The number of nitrogens with zero attached hydrogens (tertiary/aromatic N) is 2. The number of aliphatic hydroxyl groups is 2. The van der Waals surface area contributed by atoms with Crippen LogP contribution in [0.15, 0.2) is 81.5 Å². The predicted molar refractivity (Wildman–Crippen MR) is 139 cm³/mol. The average molecular weight is 499 g/mol. The van der Waals surface area contributed by atoms with Crippen LogP contribution in [-0.2, 0) is 17.6 Å². The van der Waals surface area contributed by atoms with E-state index >= 15 is 0 Å². The van der Waals surface area contributed by atoms with Crippen molar-refractivity contribution in [1.29, 1.82) is 0 Å². The van der Waals surface area contributed by atoms with Crippen molar-refractivity contribution in [2.24, 2.45) is 4.99 Å². The lowest BCUT2D eigenvalue weighted by Crippen LogP contribution is -2.27. The van der Waals surface area contributed by atoms with Crippen LogP contribution < -0.4 is 0 Å². The summed E-state index contributed by atoms with van der Waals surface area (Å²) in [6.45, 7) is 0.0215. The molecule has 1 heterocycles. The third-order valence-corrected chi connectivity index (χ3v) is 7.25. The van der Waals surface area contributed by atoms with Gasteiger partial charge in [-0.2, -0.15) is 0 Å². The Morgan fingerprint density at radius 2 is 1.51 bits per heavy atom. The minimum absolute atomic E-state index is 0.0110. The van der Waals surface area contributed by atoms with Crippen LogP contribution in [0.25, 0.3) is 0 Å². The van der Waals surface area contributed by atoms with E-state index in [1.807, 2.05) is 60.7 Å². The van der Waals surface area contributed by atoms with E-state index in [-0.39, 0.29) is 67.1 Å². The maximum Gasteiger partial charge on any atom is 0.168 e. The SMILES string of the molecule is O=C1CC(c2ccccc2)CC(=NCCO)C1=C(O)CCc1noc2c1C(=O)CC(c1ccccc1)C2. The van der Waals surface area contributed by atoms with Crippen LogP contribution in [-0.4, -0.2) is 45.8 Å². The Bertz CT molecular complexity index is 1340. The minimum Gasteiger partial charge on any atom is -0.511 e. The largest absolute Gasteiger partial charge is 0.511 e. The predicted octanol–water partition coefficient (Wildman–Crippen LogP) is 4.91. The van der Waals surface area contributed by atoms with Crippen molar-refractivity contribution in [3.8, 4) is 0 Å². The smallest absolute Gasteiger partial charge is 0.168 e. The summed E-state index contributed by atoms with van der Waals surface area (Å²) in [7, 11) is 0. The summed E-state index contributed by atoms with van der Waals surface area (Å²) in [5.41, 5.74) is 3.92. The van der Waals surface area contributed by atoms with Gasteiger partial charge in [-0.25, -0.2) is 0 Å². The summed E-state index contributed by atoms with van der Waals surface area (Å²) in [5, 5.41) is 24.5. The third kappa shape index (κ3) is 5.32. The van der Waals surface area contributed by atoms with Gasteiger partial charge in [0, 0.05) is 37.8 Å². The normalized spacial score (nSPS) is 22.2. The Hall–Kier alpha value is -3.84. The topological polar surface area (TPSA) is 113 Å². The first-order chi connectivity index (χ1) is 18.0. The van der Waals surface area contributed by atoms with Gasteiger partial charge in [0.25, 0.3) is 0 Å². The molecule has 1 fully saturated rings. The molecule has 0 bridgehead atoms. The van der Waals surface area contributed by atoms with Gasteiger partial charge < -0.3 is 14.7 Å². The molecule has 7 nitrogen and oxygen atoms in total. The zero-order valence-electron chi connectivity index (χ0n) is 20.6. The lowest BCUT2D eigenvalue weighted by Gasteiger charge is -2.26. The van der Waals surface area contributed by atoms with Gasteiger partial charge in [0.1, 0.15) is 11.5 Å². The number of rotatable bonds is 7. The van der Waals surface area contributed by atoms with Gasteiger partial charge in [0.2, 0.25) is 0 Å². The minimum atomic E-state index is -0.168. The second-order valence-corrected chi connectivity index (χ2v) is 9.68. The molecule has 190 valence electrons. The molecule has 2 atom stereocenters. The molecule has 7 heteroatoms. The van der Waals surface area contributed by atoms with Gasteiger partial charge in [0.05, 0.1) is 30.0 Å². The number of Topliss-reactive ketones (excluding diaryl/α,β-unsaturated/α-hetero) is 2. The molecule has 2 N–H and O–H groups in total. The first-order valence-electron chi connectivity index (χ1n) is 12.8. The summed E-state index contributed by atoms with van der Waals surface area (Å²) >= 11 is 0. The number of carbonyl (C=O) groups excluding carboxylic acids is 2. The summed E-state index contributed by atoms with van der Waals surface area (Å²) in [5.74, 6) is 0.370. The van der Waals surface area contributed by atoms with Crippen molar-refractivity contribution in [2.75, 3.05) is 13.2 Å². The standard InChI is InChI=1S/C30H30N2O5/c33-14-13-31-24-15-21(19-7-3-1-4-8-19)16-26(35)29(24)25(34)12-11-23-30-27(36)17-22(18-28(30)37-32-23)20-9-5-2-6-10-20/h1-10,21-22,33-34H,11-18H2. The summed E-state index contributed by atoms with van der Waals surface area (Å²) in [6.07, 6.45) is 2.19. The van der Waals surface area contributed by atoms with Crippen LogP contribution >= 0.6 is 0 Å². The van der Waals surface area contributed by atoms with Crippen LogP contribution in [0.1, 0.15) is 70.5 Å². The van der Waals surface area contributed by atoms with Crippen molar-refractivity contribution in [3.05, 3.63) is 100 Å². The quantitative estimate of drug-likeness (QED) is 0.353. The van der Waals surface area contributed by atoms with Gasteiger partial charge >= 0.3 is 0 Å². The highest BCUT2D eigenvalue weighted by Gasteiger charge is 2.34. The van der Waals surface area contributed by atoms with E-state index in [0.29, 0.717) is 42.0 Å². The Morgan fingerprint density at radius 3 is 2.16 bits per heavy atom. The highest BCUT2D eigenvalue weighted by atomic mass is 16.5. The fourth-order valence-electron chi connectivity index (χ4n) is 5.44. The van der Waals surface area contributed by atoms with Crippen LogP contribution in [0.5, 0.6) is 0 Å². The Labute approximate surface area is 215 Å². The van der Waals surface area contributed by atoms with E-state index in [1.165, 1.54) is 0 Å². The second-order valence-electron chi connectivity index (χ2n) is 9.68. The molecule has 1 aromatic heterocycles. The van der Waals surface area contributed by atoms with Crippen molar-refractivity contribution >= 4 is 17.3 Å². The number of aryl methyl sites for hydroxylation is 1. The zero-order valence-corrected chi connectivity index (χ0v) is 20.6. The lowest BCUT2D eigenvalue weighted by atomic mass is 9.78. The molecule has 2 aromatic carbocycles. The first kappa shape index (κ1) is 24.8. The lowest BCUT2D eigenvalue weighted by molar-refractivity contribution is -0.116. The maximum atomic E-state index is 13.2. The molecule has 0 radical (unpaired) electrons. The van der Waals surface area contributed by atoms with Gasteiger partial charge in [-0.15, -0.1) is 0 Å². The fourth-order valence-corrected chi connectivity index (χ4v) is 5.44. The maximum absolute atomic E-state index is 13.2. The molecule has 1 saturated carbocycles. The van der Waals surface area contributed by atoms with E-state index in [2.05, 4.69) is 10.1 Å². The Kier molecular flexibility index (Phi) is 7.42. The van der Waals surface area contributed by atoms with Crippen LogP contribution in [0.4, 0.5) is 0 Å². The van der Waals surface area contributed by atoms with E-state index < -0.39 is 0 Å². The van der Waals surface area contributed by atoms with Crippen molar-refractivity contribution in [1.82, 2.24) is 5.16 Å². The van der Waals surface area contributed by atoms with Gasteiger partial charge in [-0.1, -0.05) is 65.8 Å². The summed E-state index contributed by atoms with van der Waals surface area (Å²) < 4.78 is 5.56. The number of benzene rings is 2. The summed E-state index contributed by atoms with van der Waals surface area (Å²) in [4.78, 5) is 30.6. The molecule has 2 unspecified atom stereocenters. The van der Waals surface area contributed by atoms with Crippen LogP contribution in [0, 0.1) is 0 Å². The zero-order chi connectivity index (χ0) is 25.8. The van der Waals surface area contributed by atoms with Gasteiger partial charge in [-0.3, -0.25) is 14.6 Å². The molecule has 5 rings (SSSR count). The number of aliphatic imine (C=N–C) groups is 1. The highest BCUT2D eigenvalue weighted by molar-refractivity contribution is 6.24. The molecular weight excluding hydrogens is 468 g/mol. The van der Waals surface area contributed by atoms with Crippen LogP contribution in [0.2, 0.25) is 0 Å². The second kappa shape index (κ2) is 11.0. The first-order valence-corrected chi connectivity index (χ1v) is 12.8. The fraction of sp³-hybridized carbons (Fsp3) is 0.333. The highest BCUT2D eigenvalue weighted by Crippen LogP contribution is 2.36. The number of hydrogen-bond donors (Lipinski definition) is 2. The van der Waals surface area contributed by atoms with E-state index in [4.69, 9.17) is 4.52 Å². The van der Waals surface area contributed by atoms with Gasteiger partial charge in [0.15, 0.2) is 11.6 Å². The molecule has 3 aromatic rings. The summed E-state index contributed by atoms with van der Waals surface area (Å²) in [6, 6.07) is 19.7. The van der Waals surface area contributed by atoms with Gasteiger partial charge in [-0.05, 0) is 29.4 Å². The molecular formula is C30H30N2O5. The number of aliphatic hydroxyl groups excluding tert-OH is 2. The molecule has 0 saturated heterocycles. The number of carbonyl (C=O) groups is 2. The molecule has 2 aliphatic carbocycles. The van der Waals surface area contributed by atoms with E-state index in [0.717, 1.165) is 11.1 Å². The average Bonchev–Trinajstić information content (AvgIpc) is 3.35. The number of ketones is 2. The Balaban J connectivity index is 1.34. The molecule has 0 aliphatic heterocycles.